The quantitative estimate of drug-likeness (QED) is 0.279. The Morgan fingerprint density at radius 3 is 2.36 bits per heavy atom. The summed E-state index contributed by atoms with van der Waals surface area (Å²) in [6.07, 6.45) is 14.7. The van der Waals surface area contributed by atoms with E-state index in [1.54, 1.807) is 11.1 Å². The van der Waals surface area contributed by atoms with Gasteiger partial charge >= 0.3 is 11.9 Å². The molecule has 200 valence electrons. The maximum atomic E-state index is 12.3. The monoisotopic (exact) mass is 496 g/mol. The predicted molar refractivity (Wildman–Crippen MR) is 144 cm³/mol. The van der Waals surface area contributed by atoms with E-state index in [-0.39, 0.29) is 28.9 Å². The average molecular weight is 497 g/mol. The van der Waals surface area contributed by atoms with Gasteiger partial charge in [0.2, 0.25) is 0 Å². The smallest absolute Gasteiger partial charge is 0.303 e. The van der Waals surface area contributed by atoms with Crippen molar-refractivity contribution in [3.05, 3.63) is 34.9 Å². The Kier molecular flexibility index (Phi) is 7.40. The van der Waals surface area contributed by atoms with Gasteiger partial charge in [0.15, 0.2) is 0 Å². The van der Waals surface area contributed by atoms with Crippen LogP contribution in [-0.2, 0) is 19.1 Å². The summed E-state index contributed by atoms with van der Waals surface area (Å²) in [6.45, 7) is 17.1. The molecule has 0 aromatic rings. The third-order valence-corrected chi connectivity index (χ3v) is 10.6. The molecule has 0 aliphatic heterocycles. The second kappa shape index (κ2) is 9.80. The Balaban J connectivity index is 1.64. The fraction of sp³-hybridized carbons (Fsp3) is 0.750. The topological polar surface area (TPSA) is 52.6 Å². The van der Waals surface area contributed by atoms with Crippen LogP contribution in [-0.4, -0.2) is 23.6 Å². The van der Waals surface area contributed by atoms with Gasteiger partial charge < -0.3 is 9.47 Å². The lowest BCUT2D eigenvalue weighted by Crippen LogP contribution is -2.59. The number of carbonyl (C=O) groups is 2. The number of hydrogen-bond acceptors (Lipinski definition) is 4. The maximum absolute atomic E-state index is 12.3. The van der Waals surface area contributed by atoms with Crippen LogP contribution in [0.3, 0.4) is 0 Å². The van der Waals surface area contributed by atoms with E-state index >= 15 is 0 Å². The summed E-state index contributed by atoms with van der Waals surface area (Å²) < 4.78 is 11.9. The molecule has 0 saturated heterocycles. The molecule has 0 amide bonds. The predicted octanol–water partition coefficient (Wildman–Crippen LogP) is 7.73. The van der Waals surface area contributed by atoms with Gasteiger partial charge in [-0.05, 0) is 85.2 Å². The third-order valence-electron chi connectivity index (χ3n) is 10.6. The SMILES string of the molecule is CC(=O)OC1CCC2(C)C3=C(CCC2(OC(C)=O)C1)C1=CCC(C(C)C=CC(C)C(C)C)C1(C)CC3. The van der Waals surface area contributed by atoms with Crippen LogP contribution in [0.1, 0.15) is 107 Å². The molecule has 4 aliphatic carbocycles. The summed E-state index contributed by atoms with van der Waals surface area (Å²) >= 11 is 0. The van der Waals surface area contributed by atoms with Crippen LogP contribution in [0.2, 0.25) is 0 Å². The lowest BCUT2D eigenvalue weighted by atomic mass is 9.49. The summed E-state index contributed by atoms with van der Waals surface area (Å²) in [5.41, 5.74) is 4.04. The molecule has 0 heterocycles. The van der Waals surface area contributed by atoms with Gasteiger partial charge in [-0.3, -0.25) is 9.59 Å². The first-order valence-corrected chi connectivity index (χ1v) is 14.3. The molecule has 1 fully saturated rings. The number of esters is 2. The second-order valence-electron chi connectivity index (χ2n) is 13.1. The Morgan fingerprint density at radius 2 is 1.72 bits per heavy atom. The van der Waals surface area contributed by atoms with Crippen LogP contribution < -0.4 is 0 Å². The molecule has 0 spiro atoms. The van der Waals surface area contributed by atoms with Gasteiger partial charge in [-0.25, -0.2) is 0 Å². The molecule has 4 rings (SSSR count). The summed E-state index contributed by atoms with van der Waals surface area (Å²) in [6, 6.07) is 0. The van der Waals surface area contributed by atoms with Crippen molar-refractivity contribution in [2.45, 2.75) is 118 Å². The van der Waals surface area contributed by atoms with Crippen molar-refractivity contribution in [3.63, 3.8) is 0 Å². The van der Waals surface area contributed by atoms with Gasteiger partial charge in [0.05, 0.1) is 0 Å². The van der Waals surface area contributed by atoms with Crippen LogP contribution in [0.15, 0.2) is 34.9 Å². The van der Waals surface area contributed by atoms with Gasteiger partial charge in [-0.1, -0.05) is 65.3 Å². The number of allylic oxidation sites excluding steroid dienone is 5. The highest BCUT2D eigenvalue weighted by Crippen LogP contribution is 2.66. The molecule has 0 N–H and O–H groups in total. The van der Waals surface area contributed by atoms with Crippen LogP contribution in [0, 0.1) is 34.5 Å². The Hall–Kier alpha value is -1.84. The highest BCUT2D eigenvalue weighted by molar-refractivity contribution is 5.68. The van der Waals surface area contributed by atoms with Gasteiger partial charge in [0, 0.05) is 25.7 Å². The molecule has 1 saturated carbocycles. The number of hydrogen-bond donors (Lipinski definition) is 0. The first kappa shape index (κ1) is 27.2. The summed E-state index contributed by atoms with van der Waals surface area (Å²) in [4.78, 5) is 24.0. The molecular weight excluding hydrogens is 448 g/mol. The van der Waals surface area contributed by atoms with Crippen molar-refractivity contribution in [1.29, 1.82) is 0 Å². The van der Waals surface area contributed by atoms with Crippen LogP contribution in [0.4, 0.5) is 0 Å². The van der Waals surface area contributed by atoms with E-state index in [2.05, 4.69) is 59.8 Å². The Labute approximate surface area is 219 Å². The van der Waals surface area contributed by atoms with E-state index in [0.29, 0.717) is 30.1 Å². The lowest BCUT2D eigenvalue weighted by molar-refractivity contribution is -0.194. The van der Waals surface area contributed by atoms with E-state index in [1.165, 1.54) is 19.4 Å². The minimum Gasteiger partial charge on any atom is -0.462 e. The zero-order valence-corrected chi connectivity index (χ0v) is 23.9. The molecule has 36 heavy (non-hydrogen) atoms. The molecule has 4 heteroatoms. The number of rotatable bonds is 6. The maximum Gasteiger partial charge on any atom is 0.303 e. The average Bonchev–Trinajstić information content (AvgIpc) is 3.14. The third kappa shape index (κ3) is 4.52. The normalized spacial score (nSPS) is 37.6. The summed E-state index contributed by atoms with van der Waals surface area (Å²) in [5, 5.41) is 0. The van der Waals surface area contributed by atoms with Crippen molar-refractivity contribution in [3.8, 4) is 0 Å². The molecule has 4 aliphatic rings. The number of fused-ring (bicyclic) bond motifs is 4. The molecular formula is C32H48O4. The largest absolute Gasteiger partial charge is 0.462 e. The lowest BCUT2D eigenvalue weighted by Gasteiger charge is -2.59. The van der Waals surface area contributed by atoms with E-state index in [0.717, 1.165) is 44.9 Å². The number of ether oxygens (including phenoxy) is 2. The van der Waals surface area contributed by atoms with Crippen LogP contribution in [0.25, 0.3) is 0 Å². The zero-order chi connectivity index (χ0) is 26.5. The minimum atomic E-state index is -0.592. The van der Waals surface area contributed by atoms with E-state index < -0.39 is 5.60 Å². The minimum absolute atomic E-state index is 0.179. The molecule has 0 bridgehead atoms. The van der Waals surface area contributed by atoms with Gasteiger partial charge in [-0.15, -0.1) is 0 Å². The molecule has 4 nitrogen and oxygen atoms in total. The molecule has 0 aromatic carbocycles. The van der Waals surface area contributed by atoms with Crippen molar-refractivity contribution in [1.82, 2.24) is 0 Å². The van der Waals surface area contributed by atoms with Crippen molar-refractivity contribution < 1.29 is 19.1 Å². The van der Waals surface area contributed by atoms with Crippen molar-refractivity contribution in [2.75, 3.05) is 0 Å². The Bertz CT molecular complexity index is 986. The highest BCUT2D eigenvalue weighted by atomic mass is 16.6. The Morgan fingerprint density at radius 1 is 1.00 bits per heavy atom. The van der Waals surface area contributed by atoms with Gasteiger partial charge in [0.1, 0.15) is 11.7 Å². The summed E-state index contributed by atoms with van der Waals surface area (Å²) in [5.74, 6) is 1.96. The van der Waals surface area contributed by atoms with E-state index in [9.17, 15) is 9.59 Å². The van der Waals surface area contributed by atoms with E-state index in [4.69, 9.17) is 9.47 Å². The standard InChI is InChI=1S/C32H48O4/c1-20(2)21(3)9-10-22(4)27-11-12-28-26-14-18-32(36-24(6)34)19-25(35-23(5)33)13-17-31(32,8)29(26)15-16-30(27,28)7/h9-10,12,20-22,25,27H,11,13-19H2,1-8H3. The van der Waals surface area contributed by atoms with Gasteiger partial charge in [0.25, 0.3) is 0 Å². The second-order valence-corrected chi connectivity index (χ2v) is 13.1. The first-order chi connectivity index (χ1) is 16.8. The molecule has 7 atom stereocenters. The number of carbonyl (C=O) groups excluding carboxylic acids is 2. The molecule has 0 radical (unpaired) electrons. The zero-order valence-electron chi connectivity index (χ0n) is 23.9. The first-order valence-electron chi connectivity index (χ1n) is 14.3. The fourth-order valence-corrected chi connectivity index (χ4v) is 8.14. The van der Waals surface area contributed by atoms with Crippen molar-refractivity contribution in [2.24, 2.45) is 34.5 Å². The summed E-state index contributed by atoms with van der Waals surface area (Å²) in [7, 11) is 0. The van der Waals surface area contributed by atoms with Crippen molar-refractivity contribution >= 4 is 11.9 Å². The molecule has 7 unspecified atom stereocenters. The molecule has 0 aromatic heterocycles. The van der Waals surface area contributed by atoms with Crippen LogP contribution >= 0.6 is 0 Å². The highest BCUT2D eigenvalue weighted by Gasteiger charge is 2.61. The van der Waals surface area contributed by atoms with E-state index in [1.807, 2.05) is 0 Å². The van der Waals surface area contributed by atoms with Gasteiger partial charge in [-0.2, -0.15) is 0 Å². The fourth-order valence-electron chi connectivity index (χ4n) is 8.14. The van der Waals surface area contributed by atoms with Crippen LogP contribution in [0.5, 0.6) is 0 Å².